The van der Waals surface area contributed by atoms with E-state index in [0.29, 0.717) is 35.4 Å². The predicted molar refractivity (Wildman–Crippen MR) is 112 cm³/mol. The van der Waals surface area contributed by atoms with E-state index in [9.17, 15) is 4.79 Å². The maximum atomic E-state index is 12.2. The third-order valence-electron chi connectivity index (χ3n) is 4.38. The minimum Gasteiger partial charge on any atom is -0.399 e. The number of hydrogen-bond donors (Lipinski definition) is 4. The first-order chi connectivity index (χ1) is 11.9. The lowest BCUT2D eigenvalue weighted by molar-refractivity contribution is -0.116. The first-order valence-electron chi connectivity index (χ1n) is 8.20. The molecule has 0 spiro atoms. The standard InChI is InChI=1S/C16H21Br2N5OS/c17-9-5-8(19)6-10(18)14(9)22-13(24)4-2-1-3-12-15-11(7-25-12)21-16(20)23-15/h5-6,11-12,15H,1-4,7,19H2,(H,22,24)(H3,20,21,23). The SMILES string of the molecule is NC1=NC2C(CSC2CCCCC(=O)Nc2c(Br)cc(N)cc2Br)N1. The molecule has 25 heavy (non-hydrogen) atoms. The molecule has 3 atom stereocenters. The molecular formula is C16H21Br2N5OS. The number of nitrogen functional groups attached to an aromatic ring is 1. The average Bonchev–Trinajstić information content (AvgIpc) is 3.07. The van der Waals surface area contributed by atoms with Crippen LogP contribution >= 0.6 is 43.6 Å². The van der Waals surface area contributed by atoms with Crippen molar-refractivity contribution in [2.45, 2.75) is 43.0 Å². The highest BCUT2D eigenvalue weighted by molar-refractivity contribution is 9.11. The van der Waals surface area contributed by atoms with Crippen molar-refractivity contribution in [1.82, 2.24) is 5.32 Å². The summed E-state index contributed by atoms with van der Waals surface area (Å²) in [6.07, 6.45) is 3.43. The van der Waals surface area contributed by atoms with Gasteiger partial charge in [0.2, 0.25) is 5.91 Å². The molecule has 3 unspecified atom stereocenters. The smallest absolute Gasteiger partial charge is 0.224 e. The Balaban J connectivity index is 1.42. The van der Waals surface area contributed by atoms with E-state index < -0.39 is 0 Å². The Morgan fingerprint density at radius 1 is 1.32 bits per heavy atom. The normalized spacial score (nSPS) is 24.6. The Morgan fingerprint density at radius 3 is 2.76 bits per heavy atom. The van der Waals surface area contributed by atoms with E-state index in [0.717, 1.165) is 39.6 Å². The molecule has 1 fully saturated rings. The van der Waals surface area contributed by atoms with E-state index in [1.54, 1.807) is 12.1 Å². The number of benzene rings is 1. The average molecular weight is 491 g/mol. The second-order valence-corrected chi connectivity index (χ2v) is 9.26. The minimum atomic E-state index is 0.00733. The van der Waals surface area contributed by atoms with Gasteiger partial charge in [-0.1, -0.05) is 6.42 Å². The van der Waals surface area contributed by atoms with E-state index in [-0.39, 0.29) is 5.91 Å². The molecule has 0 aliphatic carbocycles. The largest absolute Gasteiger partial charge is 0.399 e. The van der Waals surface area contributed by atoms with Gasteiger partial charge in [-0.05, 0) is 56.8 Å². The van der Waals surface area contributed by atoms with Gasteiger partial charge in [0, 0.05) is 32.1 Å². The highest BCUT2D eigenvalue weighted by atomic mass is 79.9. The lowest BCUT2D eigenvalue weighted by Gasteiger charge is -2.14. The molecule has 0 bridgehead atoms. The molecule has 0 saturated carbocycles. The number of hydrogen-bond acceptors (Lipinski definition) is 6. The Hall–Kier alpha value is -0.930. The number of nitrogens with one attached hydrogen (secondary N) is 2. The second-order valence-electron chi connectivity index (χ2n) is 6.28. The number of carbonyl (C=O) groups is 1. The monoisotopic (exact) mass is 489 g/mol. The molecule has 1 aromatic carbocycles. The van der Waals surface area contributed by atoms with E-state index in [4.69, 9.17) is 11.5 Å². The lowest BCUT2D eigenvalue weighted by Crippen LogP contribution is -2.38. The number of anilines is 2. The molecule has 1 amide bonds. The molecular weight excluding hydrogens is 470 g/mol. The first kappa shape index (κ1) is 18.8. The summed E-state index contributed by atoms with van der Waals surface area (Å²) in [5, 5.41) is 6.66. The summed E-state index contributed by atoms with van der Waals surface area (Å²) in [6.45, 7) is 0. The number of aliphatic imine (C=N–C) groups is 1. The molecule has 2 aliphatic heterocycles. The van der Waals surface area contributed by atoms with Crippen molar-refractivity contribution in [3.8, 4) is 0 Å². The summed E-state index contributed by atoms with van der Waals surface area (Å²) in [5.74, 6) is 1.63. The van der Waals surface area contributed by atoms with Gasteiger partial charge in [0.15, 0.2) is 5.96 Å². The quantitative estimate of drug-likeness (QED) is 0.362. The van der Waals surface area contributed by atoms with Crippen LogP contribution in [0.5, 0.6) is 0 Å². The molecule has 9 heteroatoms. The number of fused-ring (bicyclic) bond motifs is 1. The third-order valence-corrected chi connectivity index (χ3v) is 7.12. The van der Waals surface area contributed by atoms with Gasteiger partial charge >= 0.3 is 0 Å². The molecule has 6 nitrogen and oxygen atoms in total. The number of thioether (sulfide) groups is 1. The number of halogens is 2. The van der Waals surface area contributed by atoms with Crippen molar-refractivity contribution in [2.75, 3.05) is 16.8 Å². The van der Waals surface area contributed by atoms with Gasteiger partial charge in [-0.2, -0.15) is 11.8 Å². The topological polar surface area (TPSA) is 106 Å². The zero-order valence-electron chi connectivity index (χ0n) is 13.6. The van der Waals surface area contributed by atoms with E-state index in [1.807, 2.05) is 11.8 Å². The van der Waals surface area contributed by atoms with Crippen molar-refractivity contribution >= 4 is 66.9 Å². The molecule has 1 saturated heterocycles. The van der Waals surface area contributed by atoms with E-state index in [1.165, 1.54) is 0 Å². The summed E-state index contributed by atoms with van der Waals surface area (Å²) in [5.41, 5.74) is 12.9. The van der Waals surface area contributed by atoms with Gasteiger partial charge in [0.05, 0.1) is 17.8 Å². The van der Waals surface area contributed by atoms with Gasteiger partial charge in [-0.15, -0.1) is 0 Å². The molecule has 136 valence electrons. The second kappa shape index (κ2) is 8.18. The highest BCUT2D eigenvalue weighted by Crippen LogP contribution is 2.35. The molecule has 3 rings (SSSR count). The van der Waals surface area contributed by atoms with Crippen molar-refractivity contribution in [3.63, 3.8) is 0 Å². The number of unbranched alkanes of at least 4 members (excludes halogenated alkanes) is 1. The van der Waals surface area contributed by atoms with Gasteiger partial charge in [-0.3, -0.25) is 4.79 Å². The molecule has 2 aliphatic rings. The van der Waals surface area contributed by atoms with Crippen LogP contribution < -0.4 is 22.1 Å². The summed E-state index contributed by atoms with van der Waals surface area (Å²) < 4.78 is 1.54. The Morgan fingerprint density at radius 2 is 2.04 bits per heavy atom. The Kier molecular flexibility index (Phi) is 6.17. The summed E-state index contributed by atoms with van der Waals surface area (Å²) in [4.78, 5) is 16.7. The van der Waals surface area contributed by atoms with Crippen LogP contribution in [-0.2, 0) is 4.79 Å². The lowest BCUT2D eigenvalue weighted by atomic mass is 10.0. The van der Waals surface area contributed by atoms with Crippen LogP contribution in [0.1, 0.15) is 25.7 Å². The van der Waals surface area contributed by atoms with Gasteiger partial charge in [0.25, 0.3) is 0 Å². The Bertz CT molecular complexity index is 676. The number of rotatable bonds is 6. The number of carbonyl (C=O) groups excluding carboxylic acids is 1. The maximum Gasteiger partial charge on any atom is 0.224 e. The van der Waals surface area contributed by atoms with Crippen molar-refractivity contribution < 1.29 is 4.79 Å². The molecule has 1 aromatic rings. The first-order valence-corrected chi connectivity index (χ1v) is 10.8. The molecule has 2 heterocycles. The van der Waals surface area contributed by atoms with Crippen molar-refractivity contribution in [1.29, 1.82) is 0 Å². The number of amides is 1. The number of guanidine groups is 1. The Labute approximate surface area is 168 Å². The van der Waals surface area contributed by atoms with Crippen LogP contribution in [0.4, 0.5) is 11.4 Å². The fourth-order valence-corrected chi connectivity index (χ4v) is 6.11. The van der Waals surface area contributed by atoms with Gasteiger partial charge < -0.3 is 22.1 Å². The van der Waals surface area contributed by atoms with Crippen LogP contribution in [-0.4, -0.2) is 35.0 Å². The summed E-state index contributed by atoms with van der Waals surface area (Å²) in [6, 6.07) is 4.23. The van der Waals surface area contributed by atoms with E-state index in [2.05, 4.69) is 47.5 Å². The van der Waals surface area contributed by atoms with Crippen molar-refractivity contribution in [3.05, 3.63) is 21.1 Å². The third kappa shape index (κ3) is 4.62. The van der Waals surface area contributed by atoms with Gasteiger partial charge in [-0.25, -0.2) is 4.99 Å². The highest BCUT2D eigenvalue weighted by Gasteiger charge is 2.40. The van der Waals surface area contributed by atoms with Crippen molar-refractivity contribution in [2.24, 2.45) is 10.7 Å². The minimum absolute atomic E-state index is 0.00733. The fourth-order valence-electron chi connectivity index (χ4n) is 3.17. The summed E-state index contributed by atoms with van der Waals surface area (Å²) in [7, 11) is 0. The zero-order chi connectivity index (χ0) is 18.0. The van der Waals surface area contributed by atoms with Crippen LogP contribution in [0.3, 0.4) is 0 Å². The van der Waals surface area contributed by atoms with E-state index >= 15 is 0 Å². The molecule has 0 aromatic heterocycles. The van der Waals surface area contributed by atoms with Crippen LogP contribution in [0.25, 0.3) is 0 Å². The van der Waals surface area contributed by atoms with Crippen LogP contribution in [0.15, 0.2) is 26.1 Å². The van der Waals surface area contributed by atoms with Crippen LogP contribution in [0, 0.1) is 0 Å². The number of nitrogens with zero attached hydrogens (tertiary/aromatic N) is 1. The van der Waals surface area contributed by atoms with Crippen LogP contribution in [0.2, 0.25) is 0 Å². The molecule has 0 radical (unpaired) electrons. The fraction of sp³-hybridized carbons (Fsp3) is 0.500. The van der Waals surface area contributed by atoms with Gasteiger partial charge in [0.1, 0.15) is 0 Å². The predicted octanol–water partition coefficient (Wildman–Crippen LogP) is 3.06. The maximum absolute atomic E-state index is 12.2. The molecule has 6 N–H and O–H groups in total. The summed E-state index contributed by atoms with van der Waals surface area (Å²) >= 11 is 8.81. The number of nitrogens with two attached hydrogens (primary N) is 2. The zero-order valence-corrected chi connectivity index (χ0v) is 17.6.